The van der Waals surface area contributed by atoms with Crippen LogP contribution in [0.15, 0.2) is 58.3 Å². The quantitative estimate of drug-likeness (QED) is 0.111. The maximum absolute atomic E-state index is 14.0. The average molecular weight is 859 g/mol. The van der Waals surface area contributed by atoms with Gasteiger partial charge in [-0.1, -0.05) is 70.7 Å². The van der Waals surface area contributed by atoms with Gasteiger partial charge < -0.3 is 29.6 Å². The first-order valence-corrected chi connectivity index (χ1v) is 20.4. The van der Waals surface area contributed by atoms with Gasteiger partial charge in [0.1, 0.15) is 13.3 Å². The molecule has 0 heterocycles. The first-order valence-electron chi connectivity index (χ1n) is 14.8. The minimum absolute atomic E-state index is 0.0744. The summed E-state index contributed by atoms with van der Waals surface area (Å²) < 4.78 is 96.0. The molecule has 290 valence electrons. The molecule has 22 heteroatoms. The van der Waals surface area contributed by atoms with Crippen LogP contribution < -0.4 is 10.6 Å². The van der Waals surface area contributed by atoms with Gasteiger partial charge in [0, 0.05) is 12.5 Å². The summed E-state index contributed by atoms with van der Waals surface area (Å²) in [5.41, 5.74) is 0.202. The molecule has 2 N–H and O–H groups in total. The Morgan fingerprint density at radius 3 is 1.17 bits per heavy atom. The Morgan fingerprint density at radius 1 is 0.615 bits per heavy atom. The van der Waals surface area contributed by atoms with Gasteiger partial charge in [0.05, 0.1) is 35.1 Å². The highest BCUT2D eigenvalue weighted by atomic mass is 35.5. The molecule has 14 nitrogen and oxygen atoms in total. The number of halogens is 6. The van der Waals surface area contributed by atoms with Crippen molar-refractivity contribution < 1.29 is 63.7 Å². The summed E-state index contributed by atoms with van der Waals surface area (Å²) in [7, 11) is -7.19. The van der Waals surface area contributed by atoms with E-state index in [0.29, 0.717) is 0 Å². The number of nitrogens with one attached hydrogen (secondary N) is 2. The lowest BCUT2D eigenvalue weighted by Gasteiger charge is -2.26. The number of rotatable bonds is 19. The van der Waals surface area contributed by atoms with Gasteiger partial charge in [0.15, 0.2) is 41.6 Å². The smallest absolute Gasteiger partial charge is 0.434 e. The van der Waals surface area contributed by atoms with Gasteiger partial charge in [-0.25, -0.2) is 35.2 Å². The van der Waals surface area contributed by atoms with Crippen molar-refractivity contribution in [3.8, 4) is 0 Å². The molecule has 0 fully saturated rings. The number of hydrogen-bond acceptors (Lipinski definition) is 12. The van der Waals surface area contributed by atoms with Crippen LogP contribution in [-0.4, -0.2) is 102 Å². The lowest BCUT2D eigenvalue weighted by molar-refractivity contribution is -0.122. The Labute approximate surface area is 318 Å². The monoisotopic (exact) mass is 856 g/mol. The van der Waals surface area contributed by atoms with Gasteiger partial charge >= 0.3 is 12.3 Å². The number of benzene rings is 2. The van der Waals surface area contributed by atoms with Crippen LogP contribution in [0.4, 0.5) is 18.4 Å². The first-order chi connectivity index (χ1) is 24.3. The predicted molar refractivity (Wildman–Crippen MR) is 185 cm³/mol. The Kier molecular flexibility index (Phi) is 18.1. The predicted octanol–water partition coefficient (Wildman–Crippen LogP) is 4.88. The molecule has 0 saturated carbocycles. The molecule has 0 saturated heterocycles. The molecule has 0 spiro atoms. The van der Waals surface area contributed by atoms with Gasteiger partial charge in [-0.3, -0.25) is 9.59 Å². The zero-order valence-electron chi connectivity index (χ0n) is 27.3. The van der Waals surface area contributed by atoms with Crippen molar-refractivity contribution in [2.45, 2.75) is 56.6 Å². The summed E-state index contributed by atoms with van der Waals surface area (Å²) in [6.07, 6.45) is -3.48. The van der Waals surface area contributed by atoms with Crippen molar-refractivity contribution in [1.29, 1.82) is 0 Å². The Balaban J connectivity index is 2.01. The molecule has 0 aliphatic heterocycles. The lowest BCUT2D eigenvalue weighted by atomic mass is 10.0. The third-order valence-corrected chi connectivity index (χ3v) is 9.86. The summed E-state index contributed by atoms with van der Waals surface area (Å²) in [4.78, 5) is 45.8. The van der Waals surface area contributed by atoms with E-state index < -0.39 is 91.1 Å². The minimum Gasteiger partial charge on any atom is -0.434 e. The molecule has 0 aliphatic rings. The standard InChI is InChI=1S/C30H34Cl4F2N2O12S2/c1-51(43,44)19-9-5-17(6-10-19)23(21(15-35)37-27(39)25(31)32)49-29(41)47-13-3-4-14-48-30(42)50-24(22(16-36)38-28(40)26(33)34)18-7-11-20(12-8-18)52(2,45)46/h5-12,21-26H,3-4,13-16H2,1-2H3,(H,37,39)(H,38,40)/t21-,22-,23-,24-/m1/s1. The van der Waals surface area contributed by atoms with Gasteiger partial charge in [-0.2, -0.15) is 0 Å². The molecule has 2 aromatic carbocycles. The maximum atomic E-state index is 14.0. The zero-order valence-corrected chi connectivity index (χ0v) is 32.0. The fourth-order valence-electron chi connectivity index (χ4n) is 4.25. The van der Waals surface area contributed by atoms with Gasteiger partial charge in [0.2, 0.25) is 0 Å². The van der Waals surface area contributed by atoms with E-state index >= 15 is 0 Å². The third-order valence-electron chi connectivity index (χ3n) is 6.81. The highest BCUT2D eigenvalue weighted by Gasteiger charge is 2.32. The number of amides is 2. The molecule has 0 aromatic heterocycles. The van der Waals surface area contributed by atoms with Gasteiger partial charge in [0.25, 0.3) is 11.8 Å². The van der Waals surface area contributed by atoms with E-state index in [1.807, 2.05) is 0 Å². The average Bonchev–Trinajstić information content (AvgIpc) is 3.08. The number of ether oxygens (including phenoxy) is 4. The second-order valence-corrected chi connectivity index (χ2v) is 17.0. The summed E-state index contributed by atoms with van der Waals surface area (Å²) in [6.45, 7) is -3.09. The van der Waals surface area contributed by atoms with Crippen LogP contribution in [0.5, 0.6) is 0 Å². The zero-order chi connectivity index (χ0) is 39.2. The highest BCUT2D eigenvalue weighted by molar-refractivity contribution is 7.91. The van der Waals surface area contributed by atoms with Crippen molar-refractivity contribution in [2.75, 3.05) is 39.1 Å². The molecule has 0 unspecified atom stereocenters. The molecule has 0 radical (unpaired) electrons. The molecular formula is C30H34Cl4F2N2O12S2. The number of sulfone groups is 2. The van der Waals surface area contributed by atoms with E-state index in [2.05, 4.69) is 10.6 Å². The molecule has 2 amide bonds. The Morgan fingerprint density at radius 2 is 0.923 bits per heavy atom. The molecule has 2 aromatic rings. The number of carbonyl (C=O) groups excluding carboxylic acids is 4. The van der Waals surface area contributed by atoms with Crippen LogP contribution in [0.2, 0.25) is 0 Å². The van der Waals surface area contributed by atoms with E-state index in [9.17, 15) is 44.8 Å². The number of alkyl halides is 6. The SMILES string of the molecule is CS(=O)(=O)c1ccc([C@@H](OC(=O)OCCCCOC(=O)O[C@H](c2ccc(S(C)(=O)=O)cc2)[C@@H](CF)NC(=O)C(Cl)Cl)[C@@H](CF)NC(=O)C(Cl)Cl)cc1. The second-order valence-electron chi connectivity index (χ2n) is 10.8. The Bertz CT molecular complexity index is 1610. The van der Waals surface area contributed by atoms with Crippen molar-refractivity contribution in [3.05, 3.63) is 59.7 Å². The molecule has 0 bridgehead atoms. The molecule has 52 heavy (non-hydrogen) atoms. The van der Waals surface area contributed by atoms with Crippen LogP contribution in [0, 0.1) is 0 Å². The second kappa shape index (κ2) is 20.9. The van der Waals surface area contributed by atoms with Crippen molar-refractivity contribution in [1.82, 2.24) is 10.6 Å². The highest BCUT2D eigenvalue weighted by Crippen LogP contribution is 2.27. The van der Waals surface area contributed by atoms with E-state index in [1.54, 1.807) is 0 Å². The van der Waals surface area contributed by atoms with Crippen LogP contribution in [-0.2, 0) is 48.2 Å². The van der Waals surface area contributed by atoms with E-state index in [-0.39, 0.29) is 47.0 Å². The summed E-state index contributed by atoms with van der Waals surface area (Å²) in [5, 5.41) is 4.40. The molecule has 2 rings (SSSR count). The van der Waals surface area contributed by atoms with Crippen molar-refractivity contribution in [2.24, 2.45) is 0 Å². The first kappa shape index (κ1) is 45.0. The van der Waals surface area contributed by atoms with Crippen molar-refractivity contribution in [3.63, 3.8) is 0 Å². The number of carbonyl (C=O) groups is 4. The molecule has 0 aliphatic carbocycles. The van der Waals surface area contributed by atoms with Crippen molar-refractivity contribution >= 4 is 90.2 Å². The van der Waals surface area contributed by atoms with Gasteiger partial charge in [-0.05, 0) is 48.2 Å². The lowest BCUT2D eigenvalue weighted by Crippen LogP contribution is -2.44. The van der Waals surface area contributed by atoms with E-state index in [4.69, 9.17) is 65.4 Å². The van der Waals surface area contributed by atoms with Crippen LogP contribution in [0.3, 0.4) is 0 Å². The summed E-state index contributed by atoms with van der Waals surface area (Å²) in [6, 6.07) is 6.80. The summed E-state index contributed by atoms with van der Waals surface area (Å²) >= 11 is 22.2. The number of unbranched alkanes of at least 4 members (excludes halogenated alkanes) is 1. The van der Waals surface area contributed by atoms with E-state index in [0.717, 1.165) is 12.5 Å². The van der Waals surface area contributed by atoms with Gasteiger partial charge in [-0.15, -0.1) is 0 Å². The largest absolute Gasteiger partial charge is 0.508 e. The molecular weight excluding hydrogens is 824 g/mol. The normalized spacial score (nSPS) is 14.1. The third kappa shape index (κ3) is 14.7. The topological polar surface area (TPSA) is 198 Å². The minimum atomic E-state index is -3.59. The maximum Gasteiger partial charge on any atom is 0.508 e. The van der Waals surface area contributed by atoms with Crippen LogP contribution in [0.1, 0.15) is 36.2 Å². The van der Waals surface area contributed by atoms with E-state index in [1.165, 1.54) is 48.5 Å². The fourth-order valence-corrected chi connectivity index (χ4v) is 5.76. The number of hydrogen-bond donors (Lipinski definition) is 2. The summed E-state index contributed by atoms with van der Waals surface area (Å²) in [5.74, 6) is -1.97. The Hall–Kier alpha value is -3.16. The van der Waals surface area contributed by atoms with Crippen LogP contribution in [0.25, 0.3) is 0 Å². The molecule has 4 atom stereocenters. The van der Waals surface area contributed by atoms with Crippen LogP contribution >= 0.6 is 46.4 Å². The fraction of sp³-hybridized carbons (Fsp3) is 0.467.